The first kappa shape index (κ1) is 30.4. The maximum atomic E-state index is 13.5. The van der Waals surface area contributed by atoms with Gasteiger partial charge >= 0.3 is 0 Å². The number of anilines is 2. The Morgan fingerprint density at radius 1 is 0.795 bits per heavy atom. The van der Waals surface area contributed by atoms with Crippen LogP contribution in [-0.2, 0) is 9.59 Å². The number of benzene rings is 4. The molecule has 0 bridgehead atoms. The zero-order valence-electron chi connectivity index (χ0n) is 23.6. The lowest BCUT2D eigenvalue weighted by Gasteiger charge is -2.18. The van der Waals surface area contributed by atoms with E-state index in [2.05, 4.69) is 16.0 Å². The van der Waals surface area contributed by atoms with Gasteiger partial charge in [-0.2, -0.15) is 0 Å². The van der Waals surface area contributed by atoms with Gasteiger partial charge in [-0.15, -0.1) is 11.8 Å². The van der Waals surface area contributed by atoms with E-state index in [1.807, 2.05) is 55.5 Å². The molecule has 0 spiro atoms. The van der Waals surface area contributed by atoms with Gasteiger partial charge in [0.2, 0.25) is 5.91 Å². The molecule has 1 aromatic heterocycles. The van der Waals surface area contributed by atoms with Gasteiger partial charge in [0, 0.05) is 32.9 Å². The number of carbonyl (C=O) groups excluding carboxylic acids is 3. The van der Waals surface area contributed by atoms with Gasteiger partial charge in [0.1, 0.15) is 16.7 Å². The van der Waals surface area contributed by atoms with E-state index in [9.17, 15) is 14.4 Å². The van der Waals surface area contributed by atoms with Crippen LogP contribution in [0.15, 0.2) is 137 Å². The molecular formula is C35H28ClN3O4S. The van der Waals surface area contributed by atoms with Gasteiger partial charge in [0.15, 0.2) is 0 Å². The number of nitrogens with one attached hydrogen (secondary N) is 3. The van der Waals surface area contributed by atoms with Crippen molar-refractivity contribution in [2.75, 3.05) is 10.6 Å². The third-order valence-electron chi connectivity index (χ3n) is 6.48. The summed E-state index contributed by atoms with van der Waals surface area (Å²) in [5.41, 5.74) is 3.22. The molecule has 3 N–H and O–H groups in total. The fraction of sp³-hybridized carbons (Fsp3) is 0.0571. The summed E-state index contributed by atoms with van der Waals surface area (Å²) in [6, 6.07) is 34.0. The van der Waals surface area contributed by atoms with Gasteiger partial charge in [-0.1, -0.05) is 72.3 Å². The van der Waals surface area contributed by atoms with Gasteiger partial charge in [-0.3, -0.25) is 14.4 Å². The van der Waals surface area contributed by atoms with Crippen LogP contribution in [0.1, 0.15) is 32.5 Å². The molecule has 1 heterocycles. The lowest BCUT2D eigenvalue weighted by atomic mass is 10.1. The van der Waals surface area contributed by atoms with Crippen LogP contribution in [0.2, 0.25) is 5.02 Å². The van der Waals surface area contributed by atoms with Crippen LogP contribution in [0.3, 0.4) is 0 Å². The first-order valence-corrected chi connectivity index (χ1v) is 14.9. The molecule has 0 aliphatic rings. The molecule has 4 aromatic carbocycles. The number of aryl methyl sites for hydroxylation is 1. The number of hydrogen-bond donors (Lipinski definition) is 3. The summed E-state index contributed by atoms with van der Waals surface area (Å²) in [6.45, 7) is 1.90. The van der Waals surface area contributed by atoms with Crippen molar-refractivity contribution in [1.82, 2.24) is 5.32 Å². The predicted molar refractivity (Wildman–Crippen MR) is 176 cm³/mol. The minimum absolute atomic E-state index is 0.00478. The molecule has 220 valence electrons. The Morgan fingerprint density at radius 2 is 1.52 bits per heavy atom. The number of thioether (sulfide) groups is 1. The fourth-order valence-corrected chi connectivity index (χ4v) is 5.48. The molecule has 0 saturated heterocycles. The summed E-state index contributed by atoms with van der Waals surface area (Å²) < 4.78 is 5.38. The second kappa shape index (κ2) is 14.4. The van der Waals surface area contributed by atoms with Crippen molar-refractivity contribution in [3.63, 3.8) is 0 Å². The smallest absolute Gasteiger partial charge is 0.272 e. The number of halogens is 1. The quantitative estimate of drug-likeness (QED) is 0.108. The minimum atomic E-state index is -0.596. The largest absolute Gasteiger partial charge is 0.465 e. The molecule has 0 saturated carbocycles. The monoisotopic (exact) mass is 621 g/mol. The van der Waals surface area contributed by atoms with Gasteiger partial charge in [0.05, 0.1) is 6.26 Å². The van der Waals surface area contributed by atoms with E-state index >= 15 is 0 Å². The van der Waals surface area contributed by atoms with Crippen molar-refractivity contribution in [3.05, 3.63) is 155 Å². The molecule has 0 aliphatic heterocycles. The number of amides is 3. The van der Waals surface area contributed by atoms with Gasteiger partial charge in [-0.05, 0) is 72.6 Å². The fourth-order valence-electron chi connectivity index (χ4n) is 4.22. The third kappa shape index (κ3) is 8.06. The highest BCUT2D eigenvalue weighted by Crippen LogP contribution is 2.37. The summed E-state index contributed by atoms with van der Waals surface area (Å²) in [5.74, 6) is -0.793. The van der Waals surface area contributed by atoms with Crippen LogP contribution in [-0.4, -0.2) is 17.7 Å². The second-order valence-electron chi connectivity index (χ2n) is 9.74. The molecule has 1 atom stereocenters. The summed E-state index contributed by atoms with van der Waals surface area (Å²) in [6.07, 6.45) is 2.94. The van der Waals surface area contributed by atoms with Crippen molar-refractivity contribution in [2.45, 2.75) is 17.1 Å². The Labute approximate surface area is 264 Å². The van der Waals surface area contributed by atoms with Crippen molar-refractivity contribution in [2.24, 2.45) is 0 Å². The minimum Gasteiger partial charge on any atom is -0.465 e. The van der Waals surface area contributed by atoms with Crippen molar-refractivity contribution < 1.29 is 18.8 Å². The summed E-state index contributed by atoms with van der Waals surface area (Å²) >= 11 is 7.62. The summed E-state index contributed by atoms with van der Waals surface area (Å²) in [5, 5.41) is 8.48. The molecular weight excluding hydrogens is 594 g/mol. The molecule has 5 rings (SSSR count). The van der Waals surface area contributed by atoms with E-state index < -0.39 is 17.1 Å². The van der Waals surface area contributed by atoms with E-state index in [-0.39, 0.29) is 11.6 Å². The highest BCUT2D eigenvalue weighted by Gasteiger charge is 2.23. The van der Waals surface area contributed by atoms with Crippen LogP contribution < -0.4 is 16.0 Å². The Hall–Kier alpha value is -5.05. The Balaban J connectivity index is 1.35. The molecule has 7 nitrogen and oxygen atoms in total. The zero-order chi connectivity index (χ0) is 30.9. The normalized spacial score (nSPS) is 11.8. The van der Waals surface area contributed by atoms with Crippen LogP contribution in [0.4, 0.5) is 11.4 Å². The number of hydrogen-bond acceptors (Lipinski definition) is 5. The van der Waals surface area contributed by atoms with E-state index in [1.165, 1.54) is 24.1 Å². The standard InChI is InChI=1S/C35H28ClN3O4S/c1-23-17-18-27(21-30(23)36)38-35(42)32(24-10-4-2-5-11-24)44-29-16-8-14-26(20-29)37-34(41)31(22-28-15-9-19-43-28)39-33(40)25-12-6-3-7-13-25/h2-22,32H,1H3,(H,37,41)(H,38,42)(H,39,40)/b31-22-. The van der Waals surface area contributed by atoms with Crippen molar-refractivity contribution in [1.29, 1.82) is 0 Å². The first-order chi connectivity index (χ1) is 21.4. The van der Waals surface area contributed by atoms with Gasteiger partial charge in [0.25, 0.3) is 11.8 Å². The Morgan fingerprint density at radius 3 is 2.23 bits per heavy atom. The predicted octanol–water partition coefficient (Wildman–Crippen LogP) is 8.12. The second-order valence-corrected chi connectivity index (χ2v) is 11.3. The Kier molecular flexibility index (Phi) is 9.96. The molecule has 1 unspecified atom stereocenters. The number of carbonyl (C=O) groups is 3. The number of furan rings is 1. The van der Waals surface area contributed by atoms with E-state index in [4.69, 9.17) is 16.0 Å². The highest BCUT2D eigenvalue weighted by molar-refractivity contribution is 8.00. The highest BCUT2D eigenvalue weighted by atomic mass is 35.5. The zero-order valence-corrected chi connectivity index (χ0v) is 25.2. The maximum absolute atomic E-state index is 13.5. The van der Waals surface area contributed by atoms with Gasteiger partial charge in [-0.25, -0.2) is 0 Å². The van der Waals surface area contributed by atoms with E-state index in [0.29, 0.717) is 27.7 Å². The number of rotatable bonds is 10. The third-order valence-corrected chi connectivity index (χ3v) is 8.14. The SMILES string of the molecule is Cc1ccc(NC(=O)C(Sc2cccc(NC(=O)/C(=C/c3ccco3)NC(=O)c3ccccc3)c2)c2ccccc2)cc1Cl. The topological polar surface area (TPSA) is 100 Å². The summed E-state index contributed by atoms with van der Waals surface area (Å²) in [4.78, 5) is 40.6. The molecule has 0 fully saturated rings. The molecule has 44 heavy (non-hydrogen) atoms. The van der Waals surface area contributed by atoms with Crippen LogP contribution in [0, 0.1) is 6.92 Å². The first-order valence-electron chi connectivity index (χ1n) is 13.7. The molecule has 0 radical (unpaired) electrons. The Bertz CT molecular complexity index is 1790. The average molecular weight is 622 g/mol. The van der Waals surface area contributed by atoms with Crippen molar-refractivity contribution >= 4 is 58.5 Å². The maximum Gasteiger partial charge on any atom is 0.272 e. The van der Waals surface area contributed by atoms with Crippen molar-refractivity contribution in [3.8, 4) is 0 Å². The lowest BCUT2D eigenvalue weighted by molar-refractivity contribution is -0.116. The van der Waals surface area contributed by atoms with Crippen LogP contribution in [0.5, 0.6) is 0 Å². The molecule has 5 aromatic rings. The van der Waals surface area contributed by atoms with E-state index in [0.717, 1.165) is 16.0 Å². The summed E-state index contributed by atoms with van der Waals surface area (Å²) in [7, 11) is 0. The van der Waals surface area contributed by atoms with Crippen LogP contribution >= 0.6 is 23.4 Å². The average Bonchev–Trinajstić information content (AvgIpc) is 3.55. The molecule has 9 heteroatoms. The van der Waals surface area contributed by atoms with Crippen LogP contribution in [0.25, 0.3) is 6.08 Å². The molecule has 3 amide bonds. The molecule has 0 aliphatic carbocycles. The van der Waals surface area contributed by atoms with E-state index in [1.54, 1.807) is 66.7 Å². The lowest BCUT2D eigenvalue weighted by Crippen LogP contribution is -2.30. The van der Waals surface area contributed by atoms with Gasteiger partial charge < -0.3 is 20.4 Å².